The zero-order chi connectivity index (χ0) is 12.7. The molecule has 0 heterocycles. The van der Waals surface area contributed by atoms with Crippen LogP contribution >= 0.6 is 12.4 Å². The van der Waals surface area contributed by atoms with E-state index in [4.69, 9.17) is 5.73 Å². The first kappa shape index (κ1) is 17.7. The molecule has 4 heteroatoms. The molecule has 0 radical (unpaired) electrons. The molecular formula is C14H29ClN2O. The largest absolute Gasteiger partial charge is 0.352 e. The van der Waals surface area contributed by atoms with Crippen LogP contribution in [0.25, 0.3) is 0 Å². The summed E-state index contributed by atoms with van der Waals surface area (Å²) in [6, 6.07) is -0.0152. The van der Waals surface area contributed by atoms with Crippen LogP contribution in [0.1, 0.15) is 65.2 Å². The fourth-order valence-electron chi connectivity index (χ4n) is 2.69. The van der Waals surface area contributed by atoms with Crippen LogP contribution in [0.2, 0.25) is 0 Å². The maximum Gasteiger partial charge on any atom is 0.237 e. The van der Waals surface area contributed by atoms with E-state index in [1.165, 1.54) is 32.1 Å². The first-order chi connectivity index (χ1) is 8.17. The summed E-state index contributed by atoms with van der Waals surface area (Å²) in [5.74, 6) is 0.718. The van der Waals surface area contributed by atoms with Gasteiger partial charge in [0.05, 0.1) is 6.04 Å². The quantitative estimate of drug-likeness (QED) is 0.784. The van der Waals surface area contributed by atoms with Crippen molar-refractivity contribution in [3.63, 3.8) is 0 Å². The topological polar surface area (TPSA) is 55.1 Å². The van der Waals surface area contributed by atoms with Gasteiger partial charge in [-0.05, 0) is 25.2 Å². The van der Waals surface area contributed by atoms with Gasteiger partial charge in [-0.1, -0.05) is 46.0 Å². The Morgan fingerprint density at radius 1 is 1.22 bits per heavy atom. The lowest BCUT2D eigenvalue weighted by molar-refractivity contribution is -0.123. The maximum atomic E-state index is 11.9. The lowest BCUT2D eigenvalue weighted by atomic mass is 9.85. The molecule has 0 aromatic heterocycles. The molecule has 1 fully saturated rings. The smallest absolute Gasteiger partial charge is 0.237 e. The summed E-state index contributed by atoms with van der Waals surface area (Å²) >= 11 is 0. The van der Waals surface area contributed by atoms with Crippen molar-refractivity contribution in [1.29, 1.82) is 0 Å². The molecule has 0 bridgehead atoms. The van der Waals surface area contributed by atoms with Crippen molar-refractivity contribution >= 4 is 18.3 Å². The lowest BCUT2D eigenvalue weighted by Crippen LogP contribution is -2.45. The van der Waals surface area contributed by atoms with Gasteiger partial charge in [-0.2, -0.15) is 0 Å². The molecule has 18 heavy (non-hydrogen) atoms. The van der Waals surface area contributed by atoms with Gasteiger partial charge in [0, 0.05) is 6.04 Å². The number of hydrogen-bond acceptors (Lipinski definition) is 2. The van der Waals surface area contributed by atoms with Gasteiger partial charge in [0.25, 0.3) is 0 Å². The highest BCUT2D eigenvalue weighted by atomic mass is 35.5. The summed E-state index contributed by atoms with van der Waals surface area (Å²) in [5, 5.41) is 3.04. The number of carbonyl (C=O) groups is 1. The van der Waals surface area contributed by atoms with E-state index in [0.717, 1.165) is 19.3 Å². The van der Waals surface area contributed by atoms with Crippen LogP contribution in [0.5, 0.6) is 0 Å². The second kappa shape index (κ2) is 9.62. The number of carbonyl (C=O) groups excluding carboxylic acids is 1. The van der Waals surface area contributed by atoms with Gasteiger partial charge in [0.1, 0.15) is 0 Å². The minimum Gasteiger partial charge on any atom is -0.352 e. The van der Waals surface area contributed by atoms with Crippen molar-refractivity contribution in [2.24, 2.45) is 11.7 Å². The summed E-state index contributed by atoms with van der Waals surface area (Å²) in [4.78, 5) is 11.9. The third kappa shape index (κ3) is 6.05. The Hall–Kier alpha value is -0.280. The highest BCUT2D eigenvalue weighted by Gasteiger charge is 2.22. The van der Waals surface area contributed by atoms with Gasteiger partial charge in [-0.3, -0.25) is 4.79 Å². The van der Waals surface area contributed by atoms with Crippen LogP contribution in [0, 0.1) is 5.92 Å². The highest BCUT2D eigenvalue weighted by molar-refractivity contribution is 5.85. The summed E-state index contributed by atoms with van der Waals surface area (Å²) in [6.45, 7) is 4.20. The molecule has 1 amide bonds. The standard InChI is InChI=1S/C14H28N2O.ClH/c1-3-12(4-2)16-14(17)13(15)10-11-8-6-5-7-9-11;/h11-13H,3-10,15H2,1-2H3,(H,16,17);1H. The summed E-state index contributed by atoms with van der Waals surface area (Å²) in [6.07, 6.45) is 9.32. The minimum absolute atomic E-state index is 0. The maximum absolute atomic E-state index is 11.9. The molecule has 1 aliphatic rings. The molecule has 0 aliphatic heterocycles. The molecule has 0 spiro atoms. The van der Waals surface area contributed by atoms with Crippen LogP contribution in [0.4, 0.5) is 0 Å². The first-order valence-corrected chi connectivity index (χ1v) is 7.23. The highest BCUT2D eigenvalue weighted by Crippen LogP contribution is 2.26. The van der Waals surface area contributed by atoms with Crippen molar-refractivity contribution in [2.75, 3.05) is 0 Å². The minimum atomic E-state index is -0.307. The third-order valence-corrected chi connectivity index (χ3v) is 3.98. The Morgan fingerprint density at radius 3 is 2.28 bits per heavy atom. The Morgan fingerprint density at radius 2 is 1.78 bits per heavy atom. The van der Waals surface area contributed by atoms with E-state index in [9.17, 15) is 4.79 Å². The van der Waals surface area contributed by atoms with Gasteiger partial charge in [0.2, 0.25) is 5.91 Å². The average Bonchev–Trinajstić information content (AvgIpc) is 2.36. The molecule has 3 nitrogen and oxygen atoms in total. The summed E-state index contributed by atoms with van der Waals surface area (Å²) < 4.78 is 0. The number of halogens is 1. The average molecular weight is 277 g/mol. The van der Waals surface area contributed by atoms with Crippen LogP contribution in [-0.2, 0) is 4.79 Å². The molecule has 1 rings (SSSR count). The van der Waals surface area contributed by atoms with E-state index >= 15 is 0 Å². The predicted molar refractivity (Wildman–Crippen MR) is 78.9 cm³/mol. The van der Waals surface area contributed by atoms with Crippen molar-refractivity contribution < 1.29 is 4.79 Å². The molecule has 1 aliphatic carbocycles. The molecule has 1 saturated carbocycles. The fourth-order valence-corrected chi connectivity index (χ4v) is 2.69. The predicted octanol–water partition coefficient (Wildman–Crippen LogP) is 3.01. The van der Waals surface area contributed by atoms with Crippen LogP contribution < -0.4 is 11.1 Å². The molecule has 0 saturated heterocycles. The Labute approximate surface area is 118 Å². The van der Waals surface area contributed by atoms with Crippen LogP contribution in [-0.4, -0.2) is 18.0 Å². The molecule has 0 aromatic rings. The molecule has 108 valence electrons. The Kier molecular flexibility index (Phi) is 9.47. The van der Waals surface area contributed by atoms with Gasteiger partial charge >= 0.3 is 0 Å². The molecule has 1 atom stereocenters. The number of rotatable bonds is 6. The van der Waals surface area contributed by atoms with Gasteiger partial charge in [-0.15, -0.1) is 12.4 Å². The van der Waals surface area contributed by atoms with E-state index in [-0.39, 0.29) is 24.4 Å². The van der Waals surface area contributed by atoms with Crippen molar-refractivity contribution in [3.05, 3.63) is 0 Å². The van der Waals surface area contributed by atoms with Crippen LogP contribution in [0.15, 0.2) is 0 Å². The van der Waals surface area contributed by atoms with E-state index in [0.29, 0.717) is 12.0 Å². The van der Waals surface area contributed by atoms with Gasteiger partial charge in [0.15, 0.2) is 0 Å². The van der Waals surface area contributed by atoms with Crippen LogP contribution in [0.3, 0.4) is 0 Å². The second-order valence-electron chi connectivity index (χ2n) is 5.37. The normalized spacial score (nSPS) is 18.2. The Balaban J connectivity index is 0.00000289. The summed E-state index contributed by atoms with van der Waals surface area (Å²) in [7, 11) is 0. The van der Waals surface area contributed by atoms with Gasteiger partial charge in [-0.25, -0.2) is 0 Å². The zero-order valence-electron chi connectivity index (χ0n) is 11.8. The second-order valence-corrected chi connectivity index (χ2v) is 5.37. The molecule has 3 N–H and O–H groups in total. The van der Waals surface area contributed by atoms with Crippen molar-refractivity contribution in [1.82, 2.24) is 5.32 Å². The van der Waals surface area contributed by atoms with E-state index < -0.39 is 0 Å². The van der Waals surface area contributed by atoms with E-state index in [1.54, 1.807) is 0 Å². The summed E-state index contributed by atoms with van der Waals surface area (Å²) in [5.41, 5.74) is 5.99. The zero-order valence-corrected chi connectivity index (χ0v) is 12.6. The lowest BCUT2D eigenvalue weighted by Gasteiger charge is -2.25. The van der Waals surface area contributed by atoms with Crippen molar-refractivity contribution in [3.8, 4) is 0 Å². The number of hydrogen-bond donors (Lipinski definition) is 2. The Bertz CT molecular complexity index is 226. The number of nitrogens with one attached hydrogen (secondary N) is 1. The van der Waals surface area contributed by atoms with E-state index in [2.05, 4.69) is 19.2 Å². The fraction of sp³-hybridized carbons (Fsp3) is 0.929. The number of nitrogens with two attached hydrogens (primary N) is 1. The molecule has 1 unspecified atom stereocenters. The van der Waals surface area contributed by atoms with E-state index in [1.807, 2.05) is 0 Å². The monoisotopic (exact) mass is 276 g/mol. The van der Waals surface area contributed by atoms with Gasteiger partial charge < -0.3 is 11.1 Å². The third-order valence-electron chi connectivity index (χ3n) is 3.98. The molecular weight excluding hydrogens is 248 g/mol. The molecule has 0 aromatic carbocycles. The first-order valence-electron chi connectivity index (χ1n) is 7.23. The number of amides is 1. The van der Waals surface area contributed by atoms with Crippen molar-refractivity contribution in [2.45, 2.75) is 77.3 Å². The SMILES string of the molecule is CCC(CC)NC(=O)C(N)CC1CCCCC1.Cl.